The van der Waals surface area contributed by atoms with Crippen molar-refractivity contribution in [2.75, 3.05) is 6.54 Å². The van der Waals surface area contributed by atoms with E-state index in [2.05, 4.69) is 36.2 Å². The van der Waals surface area contributed by atoms with Gasteiger partial charge in [-0.2, -0.15) is 4.98 Å². The average molecular weight is 325 g/mol. The van der Waals surface area contributed by atoms with E-state index < -0.39 is 0 Å². The quantitative estimate of drug-likeness (QED) is 0.904. The van der Waals surface area contributed by atoms with E-state index in [4.69, 9.17) is 4.52 Å². The van der Waals surface area contributed by atoms with E-state index in [-0.39, 0.29) is 0 Å². The van der Waals surface area contributed by atoms with Gasteiger partial charge < -0.3 is 9.84 Å². The van der Waals surface area contributed by atoms with Gasteiger partial charge in [-0.1, -0.05) is 44.1 Å². The van der Waals surface area contributed by atoms with Crippen molar-refractivity contribution >= 4 is 0 Å². The minimum absolute atomic E-state index is 0.551. The fraction of sp³-hybridized carbons (Fsp3) is 0.600. The molecule has 4 atom stereocenters. The summed E-state index contributed by atoms with van der Waals surface area (Å²) >= 11 is 0. The van der Waals surface area contributed by atoms with Gasteiger partial charge in [0.2, 0.25) is 0 Å². The van der Waals surface area contributed by atoms with Crippen molar-refractivity contribution < 1.29 is 4.52 Å². The summed E-state index contributed by atoms with van der Waals surface area (Å²) in [6, 6.07) is 10.6. The predicted molar refractivity (Wildman–Crippen MR) is 94.4 cm³/mol. The van der Waals surface area contributed by atoms with Gasteiger partial charge in [0.1, 0.15) is 0 Å². The lowest BCUT2D eigenvalue weighted by atomic mass is 9.45. The van der Waals surface area contributed by atoms with Crippen molar-refractivity contribution in [3.8, 4) is 11.5 Å². The number of nitrogens with zero attached hydrogens (tertiary/aromatic N) is 2. The number of hydrogen-bond acceptors (Lipinski definition) is 4. The Balaban J connectivity index is 1.30. The zero-order chi connectivity index (χ0) is 16.7. The summed E-state index contributed by atoms with van der Waals surface area (Å²) in [7, 11) is 0. The molecule has 3 saturated carbocycles. The number of rotatable bonds is 5. The first-order chi connectivity index (χ1) is 11.6. The number of nitrogens with one attached hydrogen (secondary N) is 1. The van der Waals surface area contributed by atoms with Gasteiger partial charge in [-0.15, -0.1) is 0 Å². The Morgan fingerprint density at radius 1 is 1.21 bits per heavy atom. The third kappa shape index (κ3) is 2.67. The molecule has 0 aliphatic heterocycles. The summed E-state index contributed by atoms with van der Waals surface area (Å²) in [5.74, 6) is 3.93. The first kappa shape index (κ1) is 15.8. The Kier molecular flexibility index (Phi) is 3.95. The molecule has 1 N–H and O–H groups in total. The van der Waals surface area contributed by atoms with Crippen molar-refractivity contribution in [1.29, 1.82) is 0 Å². The van der Waals surface area contributed by atoms with E-state index in [1.165, 1.54) is 12.8 Å². The normalized spacial score (nSPS) is 30.8. The minimum Gasteiger partial charge on any atom is -0.334 e. The molecule has 3 fully saturated rings. The lowest BCUT2D eigenvalue weighted by Crippen LogP contribution is -2.60. The van der Waals surface area contributed by atoms with Crippen molar-refractivity contribution in [3.05, 3.63) is 36.2 Å². The highest BCUT2D eigenvalue weighted by Crippen LogP contribution is 2.61. The van der Waals surface area contributed by atoms with Crippen LogP contribution in [0.5, 0.6) is 0 Å². The predicted octanol–water partition coefficient (Wildman–Crippen LogP) is 3.94. The summed E-state index contributed by atoms with van der Waals surface area (Å²) < 4.78 is 5.38. The number of hydrogen-bond donors (Lipinski definition) is 1. The van der Waals surface area contributed by atoms with Crippen LogP contribution >= 0.6 is 0 Å². The van der Waals surface area contributed by atoms with Gasteiger partial charge in [0.15, 0.2) is 5.82 Å². The van der Waals surface area contributed by atoms with Crippen molar-refractivity contribution in [2.24, 2.45) is 23.2 Å². The Hall–Kier alpha value is -1.68. The van der Waals surface area contributed by atoms with Crippen LogP contribution in [0.4, 0.5) is 0 Å². The molecular formula is C20H27N3O. The fourth-order valence-electron chi connectivity index (χ4n) is 4.84. The number of benzene rings is 1. The van der Waals surface area contributed by atoms with E-state index in [1.807, 2.05) is 30.3 Å². The number of aromatic nitrogens is 2. The molecule has 24 heavy (non-hydrogen) atoms. The molecule has 2 aromatic rings. The van der Waals surface area contributed by atoms with Crippen molar-refractivity contribution in [1.82, 2.24) is 15.5 Å². The van der Waals surface area contributed by atoms with Crippen LogP contribution in [0.3, 0.4) is 0 Å². The molecule has 0 radical (unpaired) electrons. The van der Waals surface area contributed by atoms with E-state index in [1.54, 1.807) is 0 Å². The summed E-state index contributed by atoms with van der Waals surface area (Å²) in [4.78, 5) is 4.51. The Bertz CT molecular complexity index is 694. The molecule has 1 aromatic heterocycles. The highest BCUT2D eigenvalue weighted by Gasteiger charge is 2.55. The maximum absolute atomic E-state index is 5.38. The van der Waals surface area contributed by atoms with E-state index in [9.17, 15) is 0 Å². The molecule has 1 heterocycles. The molecule has 1 unspecified atom stereocenters. The molecular weight excluding hydrogens is 298 g/mol. The van der Waals surface area contributed by atoms with E-state index in [0.717, 1.165) is 42.1 Å². The second-order valence-corrected chi connectivity index (χ2v) is 8.15. The third-order valence-electron chi connectivity index (χ3n) is 6.60. The first-order valence-electron chi connectivity index (χ1n) is 9.17. The van der Waals surface area contributed by atoms with Gasteiger partial charge in [-0.3, -0.25) is 0 Å². The van der Waals surface area contributed by atoms with Crippen LogP contribution < -0.4 is 5.32 Å². The molecule has 3 aliphatic rings. The fourth-order valence-corrected chi connectivity index (χ4v) is 4.84. The molecule has 0 spiro atoms. The topological polar surface area (TPSA) is 51.0 Å². The highest BCUT2D eigenvalue weighted by atomic mass is 16.5. The Morgan fingerprint density at radius 3 is 2.71 bits per heavy atom. The molecule has 4 nitrogen and oxygen atoms in total. The zero-order valence-electron chi connectivity index (χ0n) is 14.8. The third-order valence-corrected chi connectivity index (χ3v) is 6.60. The molecule has 0 amide bonds. The van der Waals surface area contributed by atoms with E-state index in [0.29, 0.717) is 17.3 Å². The summed E-state index contributed by atoms with van der Waals surface area (Å²) in [6.07, 6.45) is 3.56. The van der Waals surface area contributed by atoms with Crippen LogP contribution in [0.2, 0.25) is 0 Å². The van der Waals surface area contributed by atoms with E-state index >= 15 is 0 Å². The maximum Gasteiger partial charge on any atom is 0.257 e. The smallest absolute Gasteiger partial charge is 0.257 e. The second-order valence-electron chi connectivity index (χ2n) is 8.15. The van der Waals surface area contributed by atoms with Gasteiger partial charge in [-0.25, -0.2) is 0 Å². The van der Waals surface area contributed by atoms with Crippen LogP contribution in [0, 0.1) is 23.2 Å². The molecule has 0 saturated heterocycles. The minimum atomic E-state index is 0.551. The monoisotopic (exact) mass is 325 g/mol. The van der Waals surface area contributed by atoms with Crippen molar-refractivity contribution in [2.45, 2.75) is 46.1 Å². The lowest BCUT2D eigenvalue weighted by Gasteiger charge is -2.62. The molecule has 2 bridgehead atoms. The van der Waals surface area contributed by atoms with Gasteiger partial charge in [0, 0.05) is 24.6 Å². The Labute approximate surface area is 144 Å². The van der Waals surface area contributed by atoms with Gasteiger partial charge in [0.05, 0.1) is 0 Å². The van der Waals surface area contributed by atoms with Gasteiger partial charge >= 0.3 is 0 Å². The van der Waals surface area contributed by atoms with Crippen LogP contribution in [0.15, 0.2) is 34.9 Å². The molecule has 1 aromatic carbocycles. The molecule has 5 rings (SSSR count). The SMILES string of the molecule is C[C@H]1C(NCCc2noc(-c3ccccc3)n2)C[C@@H]2C[C@H]1C2(C)C. The largest absolute Gasteiger partial charge is 0.334 e. The molecule has 4 heteroatoms. The number of fused-ring (bicyclic) bond motifs is 2. The standard InChI is InChI=1S/C20H27N3O/c1-13-16-11-15(20(16,2)3)12-17(13)21-10-9-18-22-19(24-23-18)14-7-5-4-6-8-14/h4-8,13,15-17,21H,9-12H2,1-3H3/t13-,15+,16-,17?/m1/s1. The van der Waals surface area contributed by atoms with Crippen LogP contribution in [0.25, 0.3) is 11.5 Å². The Morgan fingerprint density at radius 2 is 2.00 bits per heavy atom. The first-order valence-corrected chi connectivity index (χ1v) is 9.17. The maximum atomic E-state index is 5.38. The molecule has 128 valence electrons. The lowest BCUT2D eigenvalue weighted by molar-refractivity contribution is -0.114. The van der Waals surface area contributed by atoms with Gasteiger partial charge in [-0.05, 0) is 48.1 Å². The van der Waals surface area contributed by atoms with Gasteiger partial charge in [0.25, 0.3) is 5.89 Å². The van der Waals surface area contributed by atoms with Crippen LogP contribution in [-0.4, -0.2) is 22.7 Å². The highest BCUT2D eigenvalue weighted by molar-refractivity contribution is 5.51. The van der Waals surface area contributed by atoms with Crippen LogP contribution in [-0.2, 0) is 6.42 Å². The summed E-state index contributed by atoms with van der Waals surface area (Å²) in [6.45, 7) is 8.23. The summed E-state index contributed by atoms with van der Waals surface area (Å²) in [5, 5.41) is 7.86. The average Bonchev–Trinajstić information content (AvgIpc) is 3.05. The van der Waals surface area contributed by atoms with Crippen LogP contribution in [0.1, 0.15) is 39.4 Å². The zero-order valence-corrected chi connectivity index (χ0v) is 14.8. The van der Waals surface area contributed by atoms with Crippen molar-refractivity contribution in [3.63, 3.8) is 0 Å². The summed E-state index contributed by atoms with van der Waals surface area (Å²) in [5.41, 5.74) is 1.53. The molecule has 3 aliphatic carbocycles. The second kappa shape index (κ2) is 5.99.